The molecule has 0 unspecified atom stereocenters. The predicted molar refractivity (Wildman–Crippen MR) is 72.4 cm³/mol. The van der Waals surface area contributed by atoms with Crippen molar-refractivity contribution in [3.05, 3.63) is 35.9 Å². The molecule has 2 rings (SSSR count). The number of ether oxygens (including phenoxy) is 1. The molecule has 0 atom stereocenters. The molecule has 1 aliphatic carbocycles. The van der Waals surface area contributed by atoms with Crippen molar-refractivity contribution >= 4 is 12.1 Å². The van der Waals surface area contributed by atoms with Crippen molar-refractivity contribution in [3.8, 4) is 0 Å². The van der Waals surface area contributed by atoms with Crippen LogP contribution in [0.1, 0.15) is 37.7 Å². The number of rotatable bonds is 3. The fourth-order valence-corrected chi connectivity index (χ4v) is 2.29. The summed E-state index contributed by atoms with van der Waals surface area (Å²) in [5.41, 5.74) is 3.04. The first kappa shape index (κ1) is 14.4. The molecule has 0 radical (unpaired) electrons. The van der Waals surface area contributed by atoms with Gasteiger partial charge >= 0.3 is 6.16 Å². The maximum atomic E-state index is 11.7. The van der Waals surface area contributed by atoms with Gasteiger partial charge in [-0.25, -0.2) is 4.79 Å². The summed E-state index contributed by atoms with van der Waals surface area (Å²) in [4.78, 5) is 27.7. The lowest BCUT2D eigenvalue weighted by Crippen LogP contribution is -2.34. The highest BCUT2D eigenvalue weighted by molar-refractivity contribution is 5.78. The molecule has 5 heteroatoms. The van der Waals surface area contributed by atoms with E-state index >= 15 is 0 Å². The fraction of sp³-hybridized carbons (Fsp3) is 0.467. The molecule has 5 nitrogen and oxygen atoms in total. The van der Waals surface area contributed by atoms with Crippen molar-refractivity contribution < 1.29 is 19.2 Å². The third-order valence-electron chi connectivity index (χ3n) is 3.41. The Bertz CT molecular complexity index is 440. The van der Waals surface area contributed by atoms with Gasteiger partial charge in [0, 0.05) is 5.92 Å². The molecule has 0 aromatic heterocycles. The van der Waals surface area contributed by atoms with Crippen LogP contribution in [0.4, 0.5) is 4.79 Å². The molecule has 1 fully saturated rings. The summed E-state index contributed by atoms with van der Waals surface area (Å²) in [7, 11) is 0. The van der Waals surface area contributed by atoms with Crippen molar-refractivity contribution in [1.29, 1.82) is 0 Å². The van der Waals surface area contributed by atoms with E-state index in [4.69, 9.17) is 4.74 Å². The minimum absolute atomic E-state index is 0.0503. The quantitative estimate of drug-likeness (QED) is 0.681. The fourth-order valence-electron chi connectivity index (χ4n) is 2.29. The van der Waals surface area contributed by atoms with Crippen LogP contribution in [-0.4, -0.2) is 12.1 Å². The third-order valence-corrected chi connectivity index (χ3v) is 3.41. The Kier molecular flexibility index (Phi) is 5.41. The minimum Gasteiger partial charge on any atom is -0.428 e. The molecule has 1 saturated carbocycles. The molecular weight excluding hydrogens is 258 g/mol. The smallest absolute Gasteiger partial charge is 0.428 e. The highest BCUT2D eigenvalue weighted by Crippen LogP contribution is 2.23. The summed E-state index contributed by atoms with van der Waals surface area (Å²) in [5, 5.41) is 0. The normalized spacial score (nSPS) is 15.4. The lowest BCUT2D eigenvalue weighted by Gasteiger charge is -2.19. The zero-order chi connectivity index (χ0) is 14.2. The van der Waals surface area contributed by atoms with E-state index in [0.717, 1.165) is 31.2 Å². The van der Waals surface area contributed by atoms with Gasteiger partial charge in [-0.3, -0.25) is 4.79 Å². The number of hydrogen-bond donors (Lipinski definition) is 1. The van der Waals surface area contributed by atoms with E-state index in [-0.39, 0.29) is 18.4 Å². The zero-order valence-electron chi connectivity index (χ0n) is 11.3. The van der Waals surface area contributed by atoms with Crippen LogP contribution in [0, 0.1) is 5.92 Å². The molecule has 20 heavy (non-hydrogen) atoms. The molecule has 1 aromatic carbocycles. The van der Waals surface area contributed by atoms with Crippen LogP contribution in [0.5, 0.6) is 0 Å². The van der Waals surface area contributed by atoms with Gasteiger partial charge in [0.1, 0.15) is 6.61 Å². The van der Waals surface area contributed by atoms with Crippen LogP contribution in [0.15, 0.2) is 30.3 Å². The van der Waals surface area contributed by atoms with Crippen LogP contribution in [-0.2, 0) is 21.0 Å². The molecule has 1 aliphatic rings. The summed E-state index contributed by atoms with van der Waals surface area (Å²) in [5.74, 6) is -0.285. The van der Waals surface area contributed by atoms with Gasteiger partial charge in [0.25, 0.3) is 5.91 Å². The van der Waals surface area contributed by atoms with E-state index in [1.807, 2.05) is 30.3 Å². The monoisotopic (exact) mass is 277 g/mol. The molecule has 0 bridgehead atoms. The largest absolute Gasteiger partial charge is 0.533 e. The first-order valence-electron chi connectivity index (χ1n) is 6.93. The van der Waals surface area contributed by atoms with Gasteiger partial charge in [0.15, 0.2) is 0 Å². The van der Waals surface area contributed by atoms with E-state index < -0.39 is 6.16 Å². The average molecular weight is 277 g/mol. The standard InChI is InChI=1S/C15H19NO4/c17-14(13-9-5-2-6-10-13)16-20-15(18)19-11-12-7-3-1-4-8-12/h1,3-4,7-8,13H,2,5-6,9-11H2,(H,16,17). The Morgan fingerprint density at radius 3 is 2.50 bits per heavy atom. The summed E-state index contributed by atoms with van der Waals surface area (Å²) in [6, 6.07) is 9.28. The summed E-state index contributed by atoms with van der Waals surface area (Å²) in [6.07, 6.45) is 4.09. The number of benzene rings is 1. The van der Waals surface area contributed by atoms with E-state index in [9.17, 15) is 9.59 Å². The highest BCUT2D eigenvalue weighted by atomic mass is 16.8. The maximum absolute atomic E-state index is 11.7. The van der Waals surface area contributed by atoms with Crippen LogP contribution in [0.2, 0.25) is 0 Å². The summed E-state index contributed by atoms with van der Waals surface area (Å²) in [6.45, 7) is 0.124. The topological polar surface area (TPSA) is 64.6 Å². The maximum Gasteiger partial charge on any atom is 0.533 e. The van der Waals surface area contributed by atoms with Gasteiger partial charge in [0.2, 0.25) is 0 Å². The van der Waals surface area contributed by atoms with Crippen LogP contribution >= 0.6 is 0 Å². The van der Waals surface area contributed by atoms with Crippen molar-refractivity contribution in [3.63, 3.8) is 0 Å². The minimum atomic E-state index is -0.891. The van der Waals surface area contributed by atoms with E-state index in [0.29, 0.717) is 0 Å². The summed E-state index contributed by atoms with van der Waals surface area (Å²) >= 11 is 0. The first-order valence-corrected chi connectivity index (χ1v) is 6.93. The molecule has 1 aromatic rings. The Hall–Kier alpha value is -2.04. The Balaban J connectivity index is 1.65. The Morgan fingerprint density at radius 1 is 1.10 bits per heavy atom. The number of carbonyl (C=O) groups excluding carboxylic acids is 2. The molecule has 1 amide bonds. The van der Waals surface area contributed by atoms with Gasteiger partial charge in [0.05, 0.1) is 0 Å². The molecule has 0 saturated heterocycles. The van der Waals surface area contributed by atoms with Crippen LogP contribution < -0.4 is 5.48 Å². The van der Waals surface area contributed by atoms with E-state index in [2.05, 4.69) is 10.3 Å². The van der Waals surface area contributed by atoms with Gasteiger partial charge in [-0.2, -0.15) is 5.48 Å². The number of nitrogens with one attached hydrogen (secondary N) is 1. The van der Waals surface area contributed by atoms with Gasteiger partial charge < -0.3 is 9.57 Å². The van der Waals surface area contributed by atoms with Crippen molar-refractivity contribution in [2.45, 2.75) is 38.7 Å². The molecule has 0 spiro atoms. The molecule has 0 aliphatic heterocycles. The lowest BCUT2D eigenvalue weighted by atomic mass is 9.89. The SMILES string of the molecule is O=C(OCc1ccccc1)ONC(=O)C1CCCCC1. The third kappa shape index (κ3) is 4.57. The average Bonchev–Trinajstić information content (AvgIpc) is 2.52. The molecular formula is C15H19NO4. The number of amides is 1. The molecule has 0 heterocycles. The van der Waals surface area contributed by atoms with Crippen molar-refractivity contribution in [1.82, 2.24) is 5.48 Å². The van der Waals surface area contributed by atoms with E-state index in [1.54, 1.807) is 0 Å². The van der Waals surface area contributed by atoms with Crippen molar-refractivity contribution in [2.24, 2.45) is 5.92 Å². The van der Waals surface area contributed by atoms with Crippen molar-refractivity contribution in [2.75, 3.05) is 0 Å². The van der Waals surface area contributed by atoms with Gasteiger partial charge in [-0.05, 0) is 18.4 Å². The number of hydrogen-bond acceptors (Lipinski definition) is 4. The predicted octanol–water partition coefficient (Wildman–Crippen LogP) is 2.95. The Morgan fingerprint density at radius 2 is 1.80 bits per heavy atom. The van der Waals surface area contributed by atoms with Crippen LogP contribution in [0.3, 0.4) is 0 Å². The number of carbonyl (C=O) groups is 2. The molecule has 1 N–H and O–H groups in total. The van der Waals surface area contributed by atoms with E-state index in [1.165, 1.54) is 6.42 Å². The first-order chi connectivity index (χ1) is 9.75. The van der Waals surface area contributed by atoms with Gasteiger partial charge in [-0.1, -0.05) is 49.6 Å². The Labute approximate surface area is 118 Å². The van der Waals surface area contributed by atoms with Crippen LogP contribution in [0.25, 0.3) is 0 Å². The van der Waals surface area contributed by atoms with Gasteiger partial charge in [-0.15, -0.1) is 0 Å². The second kappa shape index (κ2) is 7.53. The zero-order valence-corrected chi connectivity index (χ0v) is 11.3. The lowest BCUT2D eigenvalue weighted by molar-refractivity contribution is -0.136. The molecule has 108 valence electrons. The summed E-state index contributed by atoms with van der Waals surface area (Å²) < 4.78 is 4.89. The second-order valence-electron chi connectivity index (χ2n) is 4.93. The number of hydroxylamine groups is 1. The highest BCUT2D eigenvalue weighted by Gasteiger charge is 2.22. The second-order valence-corrected chi connectivity index (χ2v) is 4.93.